The second-order valence-electron chi connectivity index (χ2n) is 8.20. The number of fused-ring (bicyclic) bond motifs is 2. The second-order valence-corrected chi connectivity index (χ2v) is 8.20. The Labute approximate surface area is 145 Å². The highest BCUT2D eigenvalue weighted by Gasteiger charge is 2.58. The minimum atomic E-state index is -0.218. The van der Waals surface area contributed by atoms with Crippen LogP contribution in [0.3, 0.4) is 0 Å². The smallest absolute Gasteiger partial charge is 0.141 e. The molecule has 3 atom stereocenters. The zero-order chi connectivity index (χ0) is 17.5. The van der Waals surface area contributed by atoms with Crippen molar-refractivity contribution in [2.24, 2.45) is 17.3 Å². The summed E-state index contributed by atoms with van der Waals surface area (Å²) in [5, 5.41) is 10.7. The Hall–Kier alpha value is -1.51. The molecule has 1 N–H and O–H groups in total. The van der Waals surface area contributed by atoms with Gasteiger partial charge in [-0.1, -0.05) is 33.6 Å². The molecule has 3 nitrogen and oxygen atoms in total. The Morgan fingerprint density at radius 3 is 2.67 bits per heavy atom. The molecule has 1 aromatic carbocycles. The number of Topliss-reactive ketones (excluding diaryl/α,β-unsaturated/α-hetero) is 1. The number of ketones is 1. The van der Waals surface area contributed by atoms with E-state index < -0.39 is 0 Å². The minimum absolute atomic E-state index is 0.176. The van der Waals surface area contributed by atoms with Gasteiger partial charge in [-0.2, -0.15) is 0 Å². The molecule has 1 aromatic rings. The maximum atomic E-state index is 12.7. The number of methoxy groups -OCH3 is 1. The van der Waals surface area contributed by atoms with Crippen LogP contribution in [0.1, 0.15) is 69.9 Å². The predicted octanol–water partition coefficient (Wildman–Crippen LogP) is 4.85. The number of carbonyl (C=O) groups excluding carboxylic acids is 1. The molecule has 0 spiro atoms. The fourth-order valence-electron chi connectivity index (χ4n) is 4.80. The van der Waals surface area contributed by atoms with Gasteiger partial charge in [-0.15, -0.1) is 0 Å². The number of carbonyl (C=O) groups is 1. The van der Waals surface area contributed by atoms with Crippen molar-refractivity contribution < 1.29 is 14.6 Å². The first-order valence-corrected chi connectivity index (χ1v) is 9.32. The third-order valence-electron chi connectivity index (χ3n) is 6.52. The molecule has 132 valence electrons. The van der Waals surface area contributed by atoms with E-state index in [4.69, 9.17) is 4.74 Å². The van der Waals surface area contributed by atoms with Gasteiger partial charge in [0, 0.05) is 12.0 Å². The number of hydrogen-bond donors (Lipinski definition) is 1. The van der Waals surface area contributed by atoms with Crippen LogP contribution in [0, 0.1) is 17.3 Å². The van der Waals surface area contributed by atoms with E-state index in [0.29, 0.717) is 24.0 Å². The quantitative estimate of drug-likeness (QED) is 0.758. The zero-order valence-electron chi connectivity index (χ0n) is 15.4. The van der Waals surface area contributed by atoms with E-state index in [1.165, 1.54) is 12.8 Å². The van der Waals surface area contributed by atoms with Crippen LogP contribution in [0.2, 0.25) is 0 Å². The van der Waals surface area contributed by atoms with Gasteiger partial charge in [-0.3, -0.25) is 4.79 Å². The van der Waals surface area contributed by atoms with Gasteiger partial charge in [0.15, 0.2) is 0 Å². The first kappa shape index (κ1) is 17.3. The molecule has 0 amide bonds. The van der Waals surface area contributed by atoms with Gasteiger partial charge < -0.3 is 9.84 Å². The Kier molecular flexibility index (Phi) is 4.63. The van der Waals surface area contributed by atoms with E-state index in [2.05, 4.69) is 20.8 Å². The monoisotopic (exact) mass is 330 g/mol. The number of ether oxygens (including phenoxy) is 1. The normalized spacial score (nSPS) is 27.7. The lowest BCUT2D eigenvalue weighted by molar-refractivity contribution is -0.146. The van der Waals surface area contributed by atoms with Crippen molar-refractivity contribution in [3.05, 3.63) is 23.3 Å². The van der Waals surface area contributed by atoms with Crippen LogP contribution in [0.25, 0.3) is 0 Å². The molecular weight excluding hydrogens is 300 g/mol. The van der Waals surface area contributed by atoms with Crippen LogP contribution in [0.4, 0.5) is 0 Å². The standard InChI is InChI=1S/C21H30O3/c1-5-6-7-8-13-9-16(22)20(18(10-13)24-4)19-15-11-14(12-17(19)23)21(15,2)3/h9-10,14-15,19,22H,5-8,11-12H2,1-4H3. The first-order chi connectivity index (χ1) is 11.4. The van der Waals surface area contributed by atoms with E-state index in [9.17, 15) is 9.90 Å². The van der Waals surface area contributed by atoms with Gasteiger partial charge in [-0.05, 0) is 54.2 Å². The van der Waals surface area contributed by atoms with Crippen LogP contribution < -0.4 is 4.74 Å². The maximum Gasteiger partial charge on any atom is 0.141 e. The molecule has 0 aromatic heterocycles. The molecule has 24 heavy (non-hydrogen) atoms. The highest BCUT2D eigenvalue weighted by atomic mass is 16.5. The van der Waals surface area contributed by atoms with Gasteiger partial charge in [0.25, 0.3) is 0 Å². The average Bonchev–Trinajstić information content (AvgIpc) is 2.54. The first-order valence-electron chi connectivity index (χ1n) is 9.32. The van der Waals surface area contributed by atoms with Crippen LogP contribution in [-0.4, -0.2) is 18.0 Å². The second kappa shape index (κ2) is 6.42. The van der Waals surface area contributed by atoms with E-state index in [1.54, 1.807) is 7.11 Å². The van der Waals surface area contributed by atoms with Crippen molar-refractivity contribution in [1.82, 2.24) is 0 Å². The molecule has 3 aliphatic carbocycles. The number of benzene rings is 1. The van der Waals surface area contributed by atoms with E-state index in [0.717, 1.165) is 30.4 Å². The molecule has 4 rings (SSSR count). The minimum Gasteiger partial charge on any atom is -0.507 e. The van der Waals surface area contributed by atoms with Gasteiger partial charge in [-0.25, -0.2) is 0 Å². The van der Waals surface area contributed by atoms with E-state index in [1.807, 2.05) is 12.1 Å². The van der Waals surface area contributed by atoms with E-state index >= 15 is 0 Å². The molecule has 0 radical (unpaired) electrons. The molecule has 0 saturated heterocycles. The van der Waals surface area contributed by atoms with Crippen molar-refractivity contribution in [2.45, 2.75) is 65.2 Å². The van der Waals surface area contributed by atoms with Crippen molar-refractivity contribution in [2.75, 3.05) is 7.11 Å². The topological polar surface area (TPSA) is 46.5 Å². The Balaban J connectivity index is 1.93. The van der Waals surface area contributed by atoms with Gasteiger partial charge >= 0.3 is 0 Å². The summed E-state index contributed by atoms with van der Waals surface area (Å²) >= 11 is 0. The number of rotatable bonds is 6. The van der Waals surface area contributed by atoms with Crippen LogP contribution in [0.15, 0.2) is 12.1 Å². The lowest BCUT2D eigenvalue weighted by Gasteiger charge is -2.59. The predicted molar refractivity (Wildman–Crippen MR) is 95.6 cm³/mol. The molecule has 0 aliphatic heterocycles. The van der Waals surface area contributed by atoms with Crippen LogP contribution >= 0.6 is 0 Å². The van der Waals surface area contributed by atoms with E-state index in [-0.39, 0.29) is 22.9 Å². The van der Waals surface area contributed by atoms with Crippen LogP contribution in [0.5, 0.6) is 11.5 Å². The summed E-state index contributed by atoms with van der Waals surface area (Å²) in [7, 11) is 1.64. The summed E-state index contributed by atoms with van der Waals surface area (Å²) in [5.74, 6) is 1.79. The summed E-state index contributed by atoms with van der Waals surface area (Å²) < 4.78 is 5.60. The summed E-state index contributed by atoms with van der Waals surface area (Å²) in [6.45, 7) is 6.70. The molecule has 0 heterocycles. The molecule has 3 aliphatic rings. The number of unbranched alkanes of at least 4 members (excludes halogenated alkanes) is 2. The van der Waals surface area contributed by atoms with Gasteiger partial charge in [0.2, 0.25) is 0 Å². The fourth-order valence-corrected chi connectivity index (χ4v) is 4.80. The summed E-state index contributed by atoms with van der Waals surface area (Å²) in [6.07, 6.45) is 6.13. The maximum absolute atomic E-state index is 12.7. The Bertz CT molecular complexity index is 632. The number of hydrogen-bond acceptors (Lipinski definition) is 3. The summed E-state index contributed by atoms with van der Waals surface area (Å²) in [4.78, 5) is 12.7. The van der Waals surface area contributed by atoms with Crippen molar-refractivity contribution in [3.8, 4) is 11.5 Å². The highest BCUT2D eigenvalue weighted by Crippen LogP contribution is 2.64. The molecule has 3 fully saturated rings. The Morgan fingerprint density at radius 1 is 1.29 bits per heavy atom. The molecule has 3 unspecified atom stereocenters. The Morgan fingerprint density at radius 2 is 2.04 bits per heavy atom. The largest absolute Gasteiger partial charge is 0.507 e. The lowest BCUT2D eigenvalue weighted by atomic mass is 9.44. The molecule has 3 heteroatoms. The van der Waals surface area contributed by atoms with Gasteiger partial charge in [0.05, 0.1) is 13.0 Å². The molecule has 2 bridgehead atoms. The number of aromatic hydroxyl groups is 1. The third kappa shape index (κ3) is 2.72. The number of phenolic OH excluding ortho intramolecular Hbond substituents is 1. The number of phenols is 1. The van der Waals surface area contributed by atoms with Crippen LogP contribution in [-0.2, 0) is 11.2 Å². The van der Waals surface area contributed by atoms with Crippen molar-refractivity contribution >= 4 is 5.78 Å². The van der Waals surface area contributed by atoms with Gasteiger partial charge in [0.1, 0.15) is 17.3 Å². The molecular formula is C21H30O3. The lowest BCUT2D eigenvalue weighted by Crippen LogP contribution is -2.55. The average molecular weight is 330 g/mol. The van der Waals surface area contributed by atoms with Crippen molar-refractivity contribution in [1.29, 1.82) is 0 Å². The number of aryl methyl sites for hydroxylation is 1. The highest BCUT2D eigenvalue weighted by molar-refractivity contribution is 5.90. The zero-order valence-corrected chi connectivity index (χ0v) is 15.4. The summed E-state index contributed by atoms with van der Waals surface area (Å²) in [6, 6.07) is 3.87. The molecule has 3 saturated carbocycles. The summed E-state index contributed by atoms with van der Waals surface area (Å²) in [5.41, 5.74) is 1.99. The van der Waals surface area contributed by atoms with Crippen molar-refractivity contribution in [3.63, 3.8) is 0 Å². The fraction of sp³-hybridized carbons (Fsp3) is 0.667. The SMILES string of the molecule is CCCCCc1cc(O)c(C2C(=O)CC3CC2C3(C)C)c(OC)c1. The third-order valence-corrected chi connectivity index (χ3v) is 6.52.